The molecular formula is C19H18ClN3O3S. The number of benzene rings is 1. The van der Waals surface area contributed by atoms with Crippen molar-refractivity contribution in [2.75, 3.05) is 13.2 Å². The van der Waals surface area contributed by atoms with Crippen molar-refractivity contribution in [2.45, 2.75) is 25.8 Å². The lowest BCUT2D eigenvalue weighted by molar-refractivity contribution is -0.134. The van der Waals surface area contributed by atoms with E-state index >= 15 is 0 Å². The summed E-state index contributed by atoms with van der Waals surface area (Å²) in [7, 11) is 0. The molecule has 1 aliphatic heterocycles. The molecule has 1 fully saturated rings. The van der Waals surface area contributed by atoms with E-state index in [9.17, 15) is 4.79 Å². The number of hydrogen-bond acceptors (Lipinski definition) is 6. The molecule has 3 aromatic rings. The molecule has 0 saturated carbocycles. The zero-order valence-corrected chi connectivity index (χ0v) is 16.3. The van der Waals surface area contributed by atoms with Crippen LogP contribution in [0.4, 0.5) is 0 Å². The lowest BCUT2D eigenvalue weighted by atomic mass is 10.2. The van der Waals surface area contributed by atoms with Crippen LogP contribution in [0, 0.1) is 6.92 Å². The first-order chi connectivity index (χ1) is 13.1. The Morgan fingerprint density at radius 2 is 2.30 bits per heavy atom. The fourth-order valence-corrected chi connectivity index (χ4v) is 3.88. The van der Waals surface area contributed by atoms with E-state index in [2.05, 4.69) is 10.2 Å². The van der Waals surface area contributed by atoms with Gasteiger partial charge in [0, 0.05) is 22.5 Å². The second kappa shape index (κ2) is 7.70. The molecule has 0 aliphatic carbocycles. The molecule has 0 N–H and O–H groups in total. The highest BCUT2D eigenvalue weighted by atomic mass is 35.5. The Kier molecular flexibility index (Phi) is 5.13. The van der Waals surface area contributed by atoms with Crippen molar-refractivity contribution in [1.82, 2.24) is 15.1 Å². The van der Waals surface area contributed by atoms with Gasteiger partial charge in [0.2, 0.25) is 11.8 Å². The molecule has 0 spiro atoms. The van der Waals surface area contributed by atoms with E-state index in [0.717, 1.165) is 24.0 Å². The third-order valence-electron chi connectivity index (χ3n) is 4.56. The van der Waals surface area contributed by atoms with Crippen LogP contribution < -0.4 is 4.74 Å². The molecule has 8 heteroatoms. The molecule has 6 nitrogen and oxygen atoms in total. The van der Waals surface area contributed by atoms with Gasteiger partial charge >= 0.3 is 0 Å². The number of amides is 1. The third kappa shape index (κ3) is 3.84. The van der Waals surface area contributed by atoms with Crippen LogP contribution in [0.2, 0.25) is 5.02 Å². The van der Waals surface area contributed by atoms with Gasteiger partial charge in [-0.2, -0.15) is 11.3 Å². The third-order valence-corrected chi connectivity index (χ3v) is 5.67. The summed E-state index contributed by atoms with van der Waals surface area (Å²) in [6.07, 6.45) is 1.70. The van der Waals surface area contributed by atoms with Crippen LogP contribution in [-0.4, -0.2) is 34.2 Å². The van der Waals surface area contributed by atoms with Crippen molar-refractivity contribution >= 4 is 28.8 Å². The average molecular weight is 404 g/mol. The topological polar surface area (TPSA) is 68.5 Å². The first kappa shape index (κ1) is 18.0. The van der Waals surface area contributed by atoms with Crippen molar-refractivity contribution < 1.29 is 13.9 Å². The van der Waals surface area contributed by atoms with E-state index in [1.807, 2.05) is 29.8 Å². The first-order valence-corrected chi connectivity index (χ1v) is 9.98. The van der Waals surface area contributed by atoms with Crippen LogP contribution in [0.3, 0.4) is 0 Å². The van der Waals surface area contributed by atoms with Gasteiger partial charge in [-0.3, -0.25) is 4.79 Å². The van der Waals surface area contributed by atoms with Crippen molar-refractivity contribution in [3.63, 3.8) is 0 Å². The van der Waals surface area contributed by atoms with Gasteiger partial charge in [0.25, 0.3) is 5.91 Å². The van der Waals surface area contributed by atoms with E-state index < -0.39 is 0 Å². The Labute approximate surface area is 165 Å². The summed E-state index contributed by atoms with van der Waals surface area (Å²) >= 11 is 7.59. The fraction of sp³-hybridized carbons (Fsp3) is 0.316. The molecule has 1 atom stereocenters. The Morgan fingerprint density at radius 1 is 1.41 bits per heavy atom. The Morgan fingerprint density at radius 3 is 3.07 bits per heavy atom. The SMILES string of the molecule is Cc1cc(OCC(=O)N2CCCC2c2nnc(-c3ccsc3)o2)ccc1Cl. The van der Waals surface area contributed by atoms with Crippen molar-refractivity contribution in [3.8, 4) is 17.2 Å². The molecule has 0 bridgehead atoms. The summed E-state index contributed by atoms with van der Waals surface area (Å²) < 4.78 is 11.5. The first-order valence-electron chi connectivity index (χ1n) is 8.66. The normalized spacial score (nSPS) is 16.7. The number of thiophene rings is 1. The highest BCUT2D eigenvalue weighted by molar-refractivity contribution is 7.08. The molecule has 1 amide bonds. The minimum atomic E-state index is -0.201. The molecule has 140 valence electrons. The number of aryl methyl sites for hydroxylation is 1. The number of rotatable bonds is 5. The molecule has 4 rings (SSSR count). The van der Waals surface area contributed by atoms with Gasteiger partial charge in [-0.1, -0.05) is 11.6 Å². The van der Waals surface area contributed by atoms with Crippen LogP contribution in [0.5, 0.6) is 5.75 Å². The van der Waals surface area contributed by atoms with Crippen molar-refractivity contribution in [2.24, 2.45) is 0 Å². The van der Waals surface area contributed by atoms with Crippen LogP contribution in [0.15, 0.2) is 39.4 Å². The lowest BCUT2D eigenvalue weighted by Crippen LogP contribution is -2.34. The van der Waals surface area contributed by atoms with E-state index in [4.69, 9.17) is 20.8 Å². The maximum absolute atomic E-state index is 12.7. The van der Waals surface area contributed by atoms with Crippen LogP contribution in [0.1, 0.15) is 30.3 Å². The fourth-order valence-electron chi connectivity index (χ4n) is 3.13. The van der Waals surface area contributed by atoms with Gasteiger partial charge in [0.15, 0.2) is 6.61 Å². The number of carbonyl (C=O) groups is 1. The van der Waals surface area contributed by atoms with Gasteiger partial charge < -0.3 is 14.1 Å². The van der Waals surface area contributed by atoms with E-state index in [-0.39, 0.29) is 18.6 Å². The monoisotopic (exact) mass is 403 g/mol. The van der Waals surface area contributed by atoms with Gasteiger partial charge in [0.05, 0.1) is 0 Å². The summed E-state index contributed by atoms with van der Waals surface area (Å²) in [5.41, 5.74) is 1.81. The number of likely N-dealkylation sites (tertiary alicyclic amines) is 1. The quantitative estimate of drug-likeness (QED) is 0.627. The van der Waals surface area contributed by atoms with Crippen molar-refractivity contribution in [3.05, 3.63) is 51.5 Å². The molecule has 1 aromatic carbocycles. The van der Waals surface area contributed by atoms with E-state index in [0.29, 0.717) is 29.1 Å². The summed E-state index contributed by atoms with van der Waals surface area (Å²) in [6.45, 7) is 2.51. The largest absolute Gasteiger partial charge is 0.484 e. The predicted molar refractivity (Wildman–Crippen MR) is 103 cm³/mol. The minimum absolute atomic E-state index is 0.0386. The van der Waals surface area contributed by atoms with E-state index in [1.165, 1.54) is 0 Å². The molecule has 2 aromatic heterocycles. The number of halogens is 1. The number of aromatic nitrogens is 2. The number of ether oxygens (including phenoxy) is 1. The average Bonchev–Trinajstić information content (AvgIpc) is 3.41. The predicted octanol–water partition coefficient (Wildman–Crippen LogP) is 4.50. The van der Waals surface area contributed by atoms with Gasteiger partial charge in [-0.15, -0.1) is 10.2 Å². The van der Waals surface area contributed by atoms with Gasteiger partial charge in [-0.25, -0.2) is 0 Å². The van der Waals surface area contributed by atoms with E-state index in [1.54, 1.807) is 28.4 Å². The number of carbonyl (C=O) groups excluding carboxylic acids is 1. The van der Waals surface area contributed by atoms with Crippen LogP contribution in [-0.2, 0) is 4.79 Å². The molecule has 1 aliphatic rings. The summed E-state index contributed by atoms with van der Waals surface area (Å²) in [5.74, 6) is 1.49. The molecule has 27 heavy (non-hydrogen) atoms. The van der Waals surface area contributed by atoms with Gasteiger partial charge in [0.1, 0.15) is 11.8 Å². The highest BCUT2D eigenvalue weighted by Gasteiger charge is 2.34. The van der Waals surface area contributed by atoms with Crippen LogP contribution in [0.25, 0.3) is 11.5 Å². The molecule has 3 heterocycles. The van der Waals surface area contributed by atoms with Crippen LogP contribution >= 0.6 is 22.9 Å². The summed E-state index contributed by atoms with van der Waals surface area (Å²) in [6, 6.07) is 7.08. The lowest BCUT2D eigenvalue weighted by Gasteiger charge is -2.22. The number of hydrogen-bond donors (Lipinski definition) is 0. The second-order valence-corrected chi connectivity index (χ2v) is 7.59. The summed E-state index contributed by atoms with van der Waals surface area (Å²) in [4.78, 5) is 14.4. The second-order valence-electron chi connectivity index (χ2n) is 6.40. The van der Waals surface area contributed by atoms with Crippen molar-refractivity contribution in [1.29, 1.82) is 0 Å². The number of nitrogens with zero attached hydrogens (tertiary/aromatic N) is 3. The smallest absolute Gasteiger partial charge is 0.261 e. The summed E-state index contributed by atoms with van der Waals surface area (Å²) in [5, 5.41) is 12.9. The molecular weight excluding hydrogens is 386 g/mol. The Hall–Kier alpha value is -2.38. The molecule has 0 radical (unpaired) electrons. The molecule has 1 saturated heterocycles. The standard InChI is InChI=1S/C19H18ClN3O3S/c1-12-9-14(4-5-15(12)20)25-10-17(24)23-7-2-3-16(23)19-22-21-18(26-19)13-6-8-27-11-13/h4-6,8-9,11,16H,2-3,7,10H2,1H3. The Bertz CT molecular complexity index is 942. The maximum atomic E-state index is 12.7. The highest BCUT2D eigenvalue weighted by Crippen LogP contribution is 2.33. The van der Waals surface area contributed by atoms with Gasteiger partial charge in [-0.05, 0) is 55.0 Å². The zero-order valence-electron chi connectivity index (χ0n) is 14.7. The maximum Gasteiger partial charge on any atom is 0.261 e. The Balaban J connectivity index is 1.43. The molecule has 1 unspecified atom stereocenters. The zero-order chi connectivity index (χ0) is 18.8. The minimum Gasteiger partial charge on any atom is -0.484 e.